The van der Waals surface area contributed by atoms with Gasteiger partial charge in [0.1, 0.15) is 4.90 Å². The van der Waals surface area contributed by atoms with Crippen molar-refractivity contribution in [3.63, 3.8) is 0 Å². The topological polar surface area (TPSA) is 63.4 Å². The van der Waals surface area contributed by atoms with Crippen LogP contribution in [0.1, 0.15) is 19.8 Å². The van der Waals surface area contributed by atoms with E-state index in [-0.39, 0.29) is 16.6 Å². The van der Waals surface area contributed by atoms with Gasteiger partial charge in [0.25, 0.3) is 0 Å². The van der Waals surface area contributed by atoms with E-state index in [2.05, 4.69) is 0 Å². The number of rotatable bonds is 2. The second kappa shape index (κ2) is 4.48. The lowest BCUT2D eigenvalue weighted by molar-refractivity contribution is 0.408. The molecule has 17 heavy (non-hydrogen) atoms. The molecule has 1 aliphatic heterocycles. The molecule has 0 aromatic heterocycles. The molecule has 2 rings (SSSR count). The van der Waals surface area contributed by atoms with Crippen molar-refractivity contribution in [2.45, 2.75) is 30.7 Å². The summed E-state index contributed by atoms with van der Waals surface area (Å²) in [5, 5.41) is 0.379. The van der Waals surface area contributed by atoms with E-state index in [1.54, 1.807) is 6.07 Å². The quantitative estimate of drug-likeness (QED) is 0.840. The predicted octanol–water partition coefficient (Wildman–Crippen LogP) is 2.10. The number of hydrogen-bond donors (Lipinski definition) is 1. The fraction of sp³-hybridized carbons (Fsp3) is 0.455. The van der Waals surface area contributed by atoms with Gasteiger partial charge in [0.2, 0.25) is 10.0 Å². The van der Waals surface area contributed by atoms with Gasteiger partial charge in [0, 0.05) is 17.6 Å². The molecule has 0 amide bonds. The first-order valence-electron chi connectivity index (χ1n) is 5.50. The van der Waals surface area contributed by atoms with E-state index < -0.39 is 10.0 Å². The molecule has 1 unspecified atom stereocenters. The molecule has 0 saturated carbocycles. The van der Waals surface area contributed by atoms with Crippen molar-refractivity contribution in [2.24, 2.45) is 0 Å². The van der Waals surface area contributed by atoms with Crippen molar-refractivity contribution >= 4 is 27.3 Å². The molecule has 0 spiro atoms. The Morgan fingerprint density at radius 1 is 1.47 bits per heavy atom. The van der Waals surface area contributed by atoms with E-state index >= 15 is 0 Å². The van der Waals surface area contributed by atoms with E-state index in [1.165, 1.54) is 16.4 Å². The van der Waals surface area contributed by atoms with Crippen molar-refractivity contribution in [1.82, 2.24) is 4.31 Å². The van der Waals surface area contributed by atoms with Gasteiger partial charge in [-0.15, -0.1) is 0 Å². The van der Waals surface area contributed by atoms with E-state index in [0.717, 1.165) is 12.8 Å². The molecule has 94 valence electrons. The van der Waals surface area contributed by atoms with Gasteiger partial charge in [0.05, 0.1) is 5.69 Å². The van der Waals surface area contributed by atoms with E-state index in [0.29, 0.717) is 11.6 Å². The lowest BCUT2D eigenvalue weighted by atomic mass is 10.3. The second-order valence-corrected chi connectivity index (χ2v) is 6.58. The van der Waals surface area contributed by atoms with Crippen LogP contribution in [0.4, 0.5) is 5.69 Å². The lowest BCUT2D eigenvalue weighted by Crippen LogP contribution is -2.34. The predicted molar refractivity (Wildman–Crippen MR) is 68.5 cm³/mol. The Labute approximate surface area is 106 Å². The fourth-order valence-electron chi connectivity index (χ4n) is 2.12. The number of nitrogen functional groups attached to an aromatic ring is 1. The fourth-order valence-corrected chi connectivity index (χ4v) is 4.20. The van der Waals surface area contributed by atoms with Gasteiger partial charge >= 0.3 is 0 Å². The maximum Gasteiger partial charge on any atom is 0.245 e. The number of nitrogens with zero attached hydrogens (tertiary/aromatic N) is 1. The highest BCUT2D eigenvalue weighted by Gasteiger charge is 2.33. The van der Waals surface area contributed by atoms with Gasteiger partial charge in [-0.2, -0.15) is 4.31 Å². The molecule has 1 fully saturated rings. The second-order valence-electron chi connectivity index (χ2n) is 4.29. The average molecular weight is 275 g/mol. The lowest BCUT2D eigenvalue weighted by Gasteiger charge is -2.21. The molecule has 4 nitrogen and oxygen atoms in total. The Balaban J connectivity index is 2.48. The molecule has 1 atom stereocenters. The van der Waals surface area contributed by atoms with Crippen molar-refractivity contribution in [2.75, 3.05) is 12.3 Å². The minimum atomic E-state index is -3.52. The molecule has 2 N–H and O–H groups in total. The van der Waals surface area contributed by atoms with Gasteiger partial charge in [-0.3, -0.25) is 0 Å². The number of anilines is 1. The van der Waals surface area contributed by atoms with Crippen molar-refractivity contribution < 1.29 is 8.42 Å². The summed E-state index contributed by atoms with van der Waals surface area (Å²) in [7, 11) is -3.52. The highest BCUT2D eigenvalue weighted by molar-refractivity contribution is 7.89. The van der Waals surface area contributed by atoms with Crippen molar-refractivity contribution in [3.8, 4) is 0 Å². The third-order valence-corrected chi connectivity index (χ3v) is 5.36. The Morgan fingerprint density at radius 3 is 2.76 bits per heavy atom. The molecule has 0 aliphatic carbocycles. The Hall–Kier alpha value is -0.780. The largest absolute Gasteiger partial charge is 0.398 e. The summed E-state index contributed by atoms with van der Waals surface area (Å²) >= 11 is 5.83. The monoisotopic (exact) mass is 274 g/mol. The number of sulfonamides is 1. The standard InChI is InChI=1S/C11H15ClN2O2S/c1-8-3-2-6-14(8)17(15,16)11-7-9(12)4-5-10(11)13/h4-5,7-8H,2-3,6,13H2,1H3. The zero-order chi connectivity index (χ0) is 12.6. The van der Waals surface area contributed by atoms with E-state index in [1.807, 2.05) is 6.92 Å². The summed E-state index contributed by atoms with van der Waals surface area (Å²) in [6.07, 6.45) is 1.78. The SMILES string of the molecule is CC1CCCN1S(=O)(=O)c1cc(Cl)ccc1N. The first kappa shape index (κ1) is 12.7. The summed E-state index contributed by atoms with van der Waals surface area (Å²) in [6, 6.07) is 4.55. The average Bonchev–Trinajstić information content (AvgIpc) is 2.68. The molecule has 1 aromatic carbocycles. The van der Waals surface area contributed by atoms with Crippen LogP contribution in [0.3, 0.4) is 0 Å². The summed E-state index contributed by atoms with van der Waals surface area (Å²) in [5.41, 5.74) is 5.97. The highest BCUT2D eigenvalue weighted by Crippen LogP contribution is 2.30. The Kier molecular flexibility index (Phi) is 3.34. The van der Waals surface area contributed by atoms with Crippen LogP contribution >= 0.6 is 11.6 Å². The molecule has 1 saturated heterocycles. The van der Waals surface area contributed by atoms with Crippen LogP contribution in [0.2, 0.25) is 5.02 Å². The minimum Gasteiger partial charge on any atom is -0.398 e. The number of hydrogen-bond acceptors (Lipinski definition) is 3. The Morgan fingerprint density at radius 2 is 2.18 bits per heavy atom. The minimum absolute atomic E-state index is 0.0263. The molecule has 1 aromatic rings. The van der Waals surface area contributed by atoms with Crippen LogP contribution in [0.5, 0.6) is 0 Å². The first-order valence-corrected chi connectivity index (χ1v) is 7.31. The third kappa shape index (κ3) is 2.27. The summed E-state index contributed by atoms with van der Waals surface area (Å²) in [4.78, 5) is 0.110. The summed E-state index contributed by atoms with van der Waals surface area (Å²) < 4.78 is 26.3. The molecule has 1 heterocycles. The van der Waals surface area contributed by atoms with Gasteiger partial charge in [-0.1, -0.05) is 11.6 Å². The zero-order valence-corrected chi connectivity index (χ0v) is 11.1. The molecule has 6 heteroatoms. The van der Waals surface area contributed by atoms with Crippen molar-refractivity contribution in [3.05, 3.63) is 23.2 Å². The normalized spacial score (nSPS) is 21.9. The zero-order valence-electron chi connectivity index (χ0n) is 9.56. The van der Waals surface area contributed by atoms with Gasteiger partial charge < -0.3 is 5.73 Å². The first-order chi connectivity index (χ1) is 7.93. The molecule has 1 aliphatic rings. The number of nitrogens with two attached hydrogens (primary N) is 1. The van der Waals surface area contributed by atoms with Crippen LogP contribution in [0, 0.1) is 0 Å². The van der Waals surface area contributed by atoms with Crippen LogP contribution in [0.25, 0.3) is 0 Å². The maximum atomic E-state index is 12.4. The van der Waals surface area contributed by atoms with Gasteiger partial charge in [-0.25, -0.2) is 8.42 Å². The maximum absolute atomic E-state index is 12.4. The Bertz CT molecular complexity index is 530. The third-order valence-electron chi connectivity index (χ3n) is 3.05. The van der Waals surface area contributed by atoms with E-state index in [4.69, 9.17) is 17.3 Å². The molecule has 0 bridgehead atoms. The van der Waals surface area contributed by atoms with Crippen LogP contribution < -0.4 is 5.73 Å². The van der Waals surface area contributed by atoms with E-state index in [9.17, 15) is 8.42 Å². The number of halogens is 1. The van der Waals surface area contributed by atoms with Gasteiger partial charge in [-0.05, 0) is 38.0 Å². The summed E-state index contributed by atoms with van der Waals surface area (Å²) in [5.74, 6) is 0. The van der Waals surface area contributed by atoms with Gasteiger partial charge in [0.15, 0.2) is 0 Å². The molecule has 0 radical (unpaired) electrons. The highest BCUT2D eigenvalue weighted by atomic mass is 35.5. The van der Waals surface area contributed by atoms with Crippen molar-refractivity contribution in [1.29, 1.82) is 0 Å². The molecular formula is C11H15ClN2O2S. The van der Waals surface area contributed by atoms with Crippen LogP contribution in [-0.4, -0.2) is 25.3 Å². The smallest absolute Gasteiger partial charge is 0.245 e. The molecular weight excluding hydrogens is 260 g/mol. The number of benzene rings is 1. The van der Waals surface area contributed by atoms with Crippen LogP contribution in [-0.2, 0) is 10.0 Å². The summed E-state index contributed by atoms with van der Waals surface area (Å²) in [6.45, 7) is 2.46. The van der Waals surface area contributed by atoms with Crippen LogP contribution in [0.15, 0.2) is 23.1 Å².